The van der Waals surface area contributed by atoms with E-state index in [0.29, 0.717) is 36.1 Å². The van der Waals surface area contributed by atoms with Crippen molar-refractivity contribution in [2.45, 2.75) is 39.2 Å². The third-order valence-corrected chi connectivity index (χ3v) is 5.91. The van der Waals surface area contributed by atoms with Gasteiger partial charge in [-0.3, -0.25) is 14.2 Å². The fraction of sp³-hybridized carbons (Fsp3) is 0.421. The maximum absolute atomic E-state index is 12.6. The van der Waals surface area contributed by atoms with Crippen LogP contribution in [0.1, 0.15) is 35.9 Å². The van der Waals surface area contributed by atoms with E-state index in [2.05, 4.69) is 15.2 Å². The van der Waals surface area contributed by atoms with Gasteiger partial charge in [0.15, 0.2) is 0 Å². The van der Waals surface area contributed by atoms with Crippen LogP contribution in [0.4, 0.5) is 0 Å². The van der Waals surface area contributed by atoms with Gasteiger partial charge in [-0.05, 0) is 38.1 Å². The van der Waals surface area contributed by atoms with Crippen molar-refractivity contribution in [1.29, 1.82) is 0 Å². The van der Waals surface area contributed by atoms with Gasteiger partial charge in [-0.1, -0.05) is 0 Å². The van der Waals surface area contributed by atoms with Gasteiger partial charge < -0.3 is 9.32 Å². The number of piperidine rings is 1. The Morgan fingerprint density at radius 2 is 2.07 bits per heavy atom. The number of thiophene rings is 1. The fourth-order valence-electron chi connectivity index (χ4n) is 3.31. The van der Waals surface area contributed by atoms with Gasteiger partial charge in [-0.2, -0.15) is 11.3 Å². The van der Waals surface area contributed by atoms with Gasteiger partial charge in [0, 0.05) is 41.2 Å². The molecular weight excluding hydrogens is 378 g/mol. The molecule has 146 valence electrons. The van der Waals surface area contributed by atoms with Crippen LogP contribution in [-0.2, 0) is 11.3 Å². The quantitative estimate of drug-likeness (QED) is 0.669. The number of nitrogens with zero attached hydrogens (tertiary/aromatic N) is 5. The molecule has 0 atom stereocenters. The van der Waals surface area contributed by atoms with E-state index in [1.807, 2.05) is 16.8 Å². The number of likely N-dealkylation sites (tertiary alicyclic amines) is 1. The second-order valence-electron chi connectivity index (χ2n) is 7.00. The number of hydrogen-bond acceptors (Lipinski definition) is 7. The monoisotopic (exact) mass is 399 g/mol. The topological polar surface area (TPSA) is 94.1 Å². The van der Waals surface area contributed by atoms with Crippen molar-refractivity contribution in [3.8, 4) is 11.5 Å². The molecule has 0 aromatic carbocycles. The Balaban J connectivity index is 1.37. The Labute approximate surface area is 165 Å². The van der Waals surface area contributed by atoms with Crippen LogP contribution >= 0.6 is 11.3 Å². The van der Waals surface area contributed by atoms with E-state index in [9.17, 15) is 9.59 Å². The summed E-state index contributed by atoms with van der Waals surface area (Å²) in [5.74, 6) is 1.24. The minimum Gasteiger partial charge on any atom is -0.420 e. The summed E-state index contributed by atoms with van der Waals surface area (Å²) in [6, 6.07) is 1.95. The second-order valence-corrected chi connectivity index (χ2v) is 7.78. The Bertz CT molecular complexity index is 1030. The van der Waals surface area contributed by atoms with Gasteiger partial charge in [-0.25, -0.2) is 4.98 Å². The number of aromatic nitrogens is 4. The lowest BCUT2D eigenvalue weighted by Gasteiger charge is -2.30. The maximum Gasteiger partial charge on any atom is 0.256 e. The van der Waals surface area contributed by atoms with Crippen LogP contribution in [-0.4, -0.2) is 43.6 Å². The molecule has 1 aliphatic heterocycles. The van der Waals surface area contributed by atoms with Gasteiger partial charge in [0.2, 0.25) is 17.7 Å². The van der Waals surface area contributed by atoms with E-state index in [1.54, 1.807) is 30.1 Å². The highest BCUT2D eigenvalue weighted by Gasteiger charge is 2.27. The molecule has 3 aromatic heterocycles. The second kappa shape index (κ2) is 7.67. The number of amides is 1. The summed E-state index contributed by atoms with van der Waals surface area (Å²) < 4.78 is 7.20. The van der Waals surface area contributed by atoms with E-state index in [-0.39, 0.29) is 23.9 Å². The van der Waals surface area contributed by atoms with Gasteiger partial charge in [0.1, 0.15) is 6.54 Å². The third-order valence-electron chi connectivity index (χ3n) is 5.23. The summed E-state index contributed by atoms with van der Waals surface area (Å²) in [4.78, 5) is 30.8. The van der Waals surface area contributed by atoms with Crippen molar-refractivity contribution < 1.29 is 9.21 Å². The lowest BCUT2D eigenvalue weighted by atomic mass is 9.97. The highest BCUT2D eigenvalue weighted by molar-refractivity contribution is 7.08. The van der Waals surface area contributed by atoms with Crippen molar-refractivity contribution in [3.05, 3.63) is 50.7 Å². The molecular formula is C19H21N5O3S. The Morgan fingerprint density at radius 1 is 1.29 bits per heavy atom. The smallest absolute Gasteiger partial charge is 0.256 e. The molecule has 0 unspecified atom stereocenters. The van der Waals surface area contributed by atoms with E-state index in [0.717, 1.165) is 18.4 Å². The number of carbonyl (C=O) groups excluding carboxylic acids is 1. The summed E-state index contributed by atoms with van der Waals surface area (Å²) in [5.41, 5.74) is 2.04. The van der Waals surface area contributed by atoms with Crippen LogP contribution < -0.4 is 5.56 Å². The largest absolute Gasteiger partial charge is 0.420 e. The summed E-state index contributed by atoms with van der Waals surface area (Å²) >= 11 is 1.59. The SMILES string of the molecule is Cc1ncn(CC(=O)N2CCC(c3nnc(-c4ccsc4)o3)CC2)c(=O)c1C. The predicted octanol–water partition coefficient (Wildman–Crippen LogP) is 2.38. The zero-order valence-electron chi connectivity index (χ0n) is 15.8. The molecule has 8 nitrogen and oxygen atoms in total. The van der Waals surface area contributed by atoms with Crippen molar-refractivity contribution in [1.82, 2.24) is 24.6 Å². The molecule has 1 aliphatic rings. The molecule has 1 saturated heterocycles. The van der Waals surface area contributed by atoms with Crippen molar-refractivity contribution >= 4 is 17.2 Å². The molecule has 0 saturated carbocycles. The summed E-state index contributed by atoms with van der Waals surface area (Å²) in [5, 5.41) is 12.3. The molecule has 0 spiro atoms. The van der Waals surface area contributed by atoms with E-state index in [1.165, 1.54) is 10.9 Å². The Morgan fingerprint density at radius 3 is 2.79 bits per heavy atom. The van der Waals surface area contributed by atoms with Gasteiger partial charge >= 0.3 is 0 Å². The molecule has 0 N–H and O–H groups in total. The fourth-order valence-corrected chi connectivity index (χ4v) is 3.94. The van der Waals surface area contributed by atoms with E-state index >= 15 is 0 Å². The number of hydrogen-bond donors (Lipinski definition) is 0. The molecule has 0 aliphatic carbocycles. The number of carbonyl (C=O) groups is 1. The number of rotatable bonds is 4. The van der Waals surface area contributed by atoms with Gasteiger partial charge in [0.05, 0.1) is 6.33 Å². The highest BCUT2D eigenvalue weighted by Crippen LogP contribution is 2.30. The first-order valence-electron chi connectivity index (χ1n) is 9.19. The average Bonchev–Trinajstić information content (AvgIpc) is 3.40. The average molecular weight is 399 g/mol. The molecule has 9 heteroatoms. The summed E-state index contributed by atoms with van der Waals surface area (Å²) in [6.07, 6.45) is 2.97. The van der Waals surface area contributed by atoms with Crippen molar-refractivity contribution in [3.63, 3.8) is 0 Å². The van der Waals surface area contributed by atoms with Crippen molar-refractivity contribution in [2.24, 2.45) is 0 Å². The molecule has 1 fully saturated rings. The maximum atomic E-state index is 12.6. The highest BCUT2D eigenvalue weighted by atomic mass is 32.1. The Kier molecular flexibility index (Phi) is 5.08. The van der Waals surface area contributed by atoms with Crippen LogP contribution in [0.2, 0.25) is 0 Å². The molecule has 28 heavy (non-hydrogen) atoms. The molecule has 4 heterocycles. The first kappa shape index (κ1) is 18.5. The zero-order valence-corrected chi connectivity index (χ0v) is 16.6. The molecule has 4 rings (SSSR count). The minimum absolute atomic E-state index is 0.0144. The molecule has 0 radical (unpaired) electrons. The van der Waals surface area contributed by atoms with Crippen LogP contribution in [0.3, 0.4) is 0 Å². The lowest BCUT2D eigenvalue weighted by molar-refractivity contribution is -0.133. The van der Waals surface area contributed by atoms with Crippen LogP contribution in [0.15, 0.2) is 32.4 Å². The molecule has 3 aromatic rings. The first-order chi connectivity index (χ1) is 13.5. The van der Waals surface area contributed by atoms with E-state index in [4.69, 9.17) is 4.42 Å². The molecule has 1 amide bonds. The van der Waals surface area contributed by atoms with Crippen LogP contribution in [0.5, 0.6) is 0 Å². The number of aryl methyl sites for hydroxylation is 1. The third kappa shape index (κ3) is 3.62. The van der Waals surface area contributed by atoms with Gasteiger partial charge in [0.25, 0.3) is 5.56 Å². The standard InChI is InChI=1S/C19H21N5O3S/c1-12-13(2)20-11-24(19(12)26)9-16(25)23-6-3-14(4-7-23)17-21-22-18(27-17)15-5-8-28-10-15/h5,8,10-11,14H,3-4,6-7,9H2,1-2H3. The Hall–Kier alpha value is -2.81. The van der Waals surface area contributed by atoms with Crippen molar-refractivity contribution in [2.75, 3.05) is 13.1 Å². The lowest BCUT2D eigenvalue weighted by Crippen LogP contribution is -2.41. The normalized spacial score (nSPS) is 15.1. The molecule has 0 bridgehead atoms. The zero-order chi connectivity index (χ0) is 19.7. The summed E-state index contributed by atoms with van der Waals surface area (Å²) in [7, 11) is 0. The minimum atomic E-state index is -0.164. The van der Waals surface area contributed by atoms with Crippen LogP contribution in [0.25, 0.3) is 11.5 Å². The van der Waals surface area contributed by atoms with Gasteiger partial charge in [-0.15, -0.1) is 10.2 Å². The van der Waals surface area contributed by atoms with Crippen LogP contribution in [0, 0.1) is 13.8 Å². The summed E-state index contributed by atoms with van der Waals surface area (Å²) in [6.45, 7) is 4.74. The van der Waals surface area contributed by atoms with E-state index < -0.39 is 0 Å². The first-order valence-corrected chi connectivity index (χ1v) is 10.1. The predicted molar refractivity (Wildman–Crippen MR) is 104 cm³/mol.